The minimum atomic E-state index is 0.0811. The van der Waals surface area contributed by atoms with E-state index in [0.717, 1.165) is 49.3 Å². The lowest BCUT2D eigenvalue weighted by Gasteiger charge is -2.22. The van der Waals surface area contributed by atoms with Crippen molar-refractivity contribution in [2.24, 2.45) is 5.92 Å². The number of carbonyl (C=O) groups is 2. The maximum absolute atomic E-state index is 12.6. The molecule has 2 aliphatic rings. The molecule has 114 valence electrons. The highest BCUT2D eigenvalue weighted by Gasteiger charge is 2.34. The fraction of sp³-hybridized carbons (Fsp3) is 0.625. The van der Waals surface area contributed by atoms with Crippen molar-refractivity contribution in [1.29, 1.82) is 0 Å². The first-order chi connectivity index (χ1) is 10.1. The topological polar surface area (TPSA) is 56.4 Å². The molecule has 1 aromatic rings. The number of amides is 2. The molecule has 3 rings (SSSR count). The van der Waals surface area contributed by atoms with E-state index in [0.29, 0.717) is 13.1 Å². The van der Waals surface area contributed by atoms with Crippen LogP contribution in [0.25, 0.3) is 0 Å². The summed E-state index contributed by atoms with van der Waals surface area (Å²) in [5.41, 5.74) is 2.69. The Balaban J connectivity index is 1.65. The Kier molecular flexibility index (Phi) is 3.74. The van der Waals surface area contributed by atoms with E-state index in [1.54, 1.807) is 0 Å². The molecule has 2 fully saturated rings. The first-order valence-corrected chi connectivity index (χ1v) is 7.80. The molecule has 0 spiro atoms. The molecule has 2 amide bonds. The summed E-state index contributed by atoms with van der Waals surface area (Å²) in [6.07, 6.45) is 2.95. The van der Waals surface area contributed by atoms with Crippen molar-refractivity contribution in [2.45, 2.75) is 33.1 Å². The zero-order valence-corrected chi connectivity index (χ0v) is 12.8. The third-order valence-corrected chi connectivity index (χ3v) is 4.40. The van der Waals surface area contributed by atoms with E-state index >= 15 is 0 Å². The second kappa shape index (κ2) is 5.54. The quantitative estimate of drug-likeness (QED) is 0.901. The van der Waals surface area contributed by atoms with Gasteiger partial charge in [-0.25, -0.2) is 0 Å². The minimum absolute atomic E-state index is 0.0811. The van der Waals surface area contributed by atoms with Gasteiger partial charge in [-0.15, -0.1) is 0 Å². The van der Waals surface area contributed by atoms with Crippen LogP contribution in [0.1, 0.15) is 41.0 Å². The standard InChI is InChI=1S/C16H23N3O2/c1-11-10-14(12(2)17-11)16(21)19-7-3-6-18(8-9-19)15(20)13-4-5-13/h10,13,17H,3-9H2,1-2H3. The van der Waals surface area contributed by atoms with Gasteiger partial charge in [0.05, 0.1) is 5.56 Å². The van der Waals surface area contributed by atoms with E-state index in [1.807, 2.05) is 29.7 Å². The van der Waals surface area contributed by atoms with E-state index in [2.05, 4.69) is 4.98 Å². The monoisotopic (exact) mass is 289 g/mol. The Morgan fingerprint density at radius 2 is 1.76 bits per heavy atom. The number of hydrogen-bond acceptors (Lipinski definition) is 2. The largest absolute Gasteiger partial charge is 0.362 e. The predicted molar refractivity (Wildman–Crippen MR) is 80.1 cm³/mol. The molecule has 2 heterocycles. The fourth-order valence-corrected chi connectivity index (χ4v) is 3.05. The maximum Gasteiger partial charge on any atom is 0.255 e. The number of carbonyl (C=O) groups excluding carboxylic acids is 2. The van der Waals surface area contributed by atoms with Gasteiger partial charge in [-0.3, -0.25) is 9.59 Å². The molecule has 1 aliphatic carbocycles. The van der Waals surface area contributed by atoms with Gasteiger partial charge in [0, 0.05) is 43.5 Å². The van der Waals surface area contributed by atoms with Crippen molar-refractivity contribution < 1.29 is 9.59 Å². The second-order valence-electron chi connectivity index (χ2n) is 6.24. The predicted octanol–water partition coefficient (Wildman–Crippen LogP) is 1.72. The Labute approximate surface area is 125 Å². The zero-order valence-electron chi connectivity index (χ0n) is 12.8. The van der Waals surface area contributed by atoms with Crippen molar-refractivity contribution in [3.05, 3.63) is 23.0 Å². The van der Waals surface area contributed by atoms with E-state index in [4.69, 9.17) is 0 Å². The summed E-state index contributed by atoms with van der Waals surface area (Å²) in [6, 6.07) is 1.91. The van der Waals surface area contributed by atoms with Crippen LogP contribution >= 0.6 is 0 Å². The third kappa shape index (κ3) is 2.96. The van der Waals surface area contributed by atoms with Crippen molar-refractivity contribution in [2.75, 3.05) is 26.2 Å². The summed E-state index contributed by atoms with van der Waals surface area (Å²) in [4.78, 5) is 31.8. The van der Waals surface area contributed by atoms with E-state index < -0.39 is 0 Å². The number of hydrogen-bond donors (Lipinski definition) is 1. The molecular formula is C16H23N3O2. The third-order valence-electron chi connectivity index (χ3n) is 4.40. The van der Waals surface area contributed by atoms with Gasteiger partial charge < -0.3 is 14.8 Å². The molecule has 0 atom stereocenters. The molecule has 1 aromatic heterocycles. The molecule has 1 saturated carbocycles. The van der Waals surface area contributed by atoms with E-state index in [1.165, 1.54) is 0 Å². The number of aromatic amines is 1. The van der Waals surface area contributed by atoms with Gasteiger partial charge in [-0.2, -0.15) is 0 Å². The summed E-state index contributed by atoms with van der Waals surface area (Å²) in [5, 5.41) is 0. The molecule has 1 saturated heterocycles. The maximum atomic E-state index is 12.6. The van der Waals surface area contributed by atoms with Gasteiger partial charge >= 0.3 is 0 Å². The Hall–Kier alpha value is -1.78. The normalized spacial score (nSPS) is 19.5. The van der Waals surface area contributed by atoms with Crippen molar-refractivity contribution in [3.63, 3.8) is 0 Å². The molecule has 5 heteroatoms. The summed E-state index contributed by atoms with van der Waals surface area (Å²) >= 11 is 0. The van der Waals surface area contributed by atoms with Gasteiger partial charge in [0.2, 0.25) is 5.91 Å². The lowest BCUT2D eigenvalue weighted by molar-refractivity contribution is -0.132. The van der Waals surface area contributed by atoms with Crippen LogP contribution in [0.3, 0.4) is 0 Å². The Morgan fingerprint density at radius 1 is 1.10 bits per heavy atom. The lowest BCUT2D eigenvalue weighted by Crippen LogP contribution is -2.38. The number of aryl methyl sites for hydroxylation is 2. The Morgan fingerprint density at radius 3 is 2.38 bits per heavy atom. The summed E-state index contributed by atoms with van der Waals surface area (Å²) in [5.74, 6) is 0.636. The van der Waals surface area contributed by atoms with E-state index in [9.17, 15) is 9.59 Å². The zero-order chi connectivity index (χ0) is 15.0. The first-order valence-electron chi connectivity index (χ1n) is 7.80. The van der Waals surface area contributed by atoms with Gasteiger partial charge in [-0.05, 0) is 39.2 Å². The molecule has 1 aliphatic heterocycles. The number of H-pyrrole nitrogens is 1. The number of nitrogens with one attached hydrogen (secondary N) is 1. The minimum Gasteiger partial charge on any atom is -0.362 e. The summed E-state index contributed by atoms with van der Waals surface area (Å²) in [6.45, 7) is 6.72. The first kappa shape index (κ1) is 14.2. The molecule has 1 N–H and O–H groups in total. The van der Waals surface area contributed by atoms with Crippen LogP contribution in [-0.4, -0.2) is 52.8 Å². The summed E-state index contributed by atoms with van der Waals surface area (Å²) < 4.78 is 0. The van der Waals surface area contributed by atoms with Gasteiger partial charge in [0.25, 0.3) is 5.91 Å². The number of aromatic nitrogens is 1. The van der Waals surface area contributed by atoms with Crippen LogP contribution < -0.4 is 0 Å². The van der Waals surface area contributed by atoms with Crippen molar-refractivity contribution in [3.8, 4) is 0 Å². The van der Waals surface area contributed by atoms with Crippen LogP contribution in [0, 0.1) is 19.8 Å². The molecule has 0 aromatic carbocycles. The van der Waals surface area contributed by atoms with Crippen LogP contribution in [0.4, 0.5) is 0 Å². The molecule has 0 unspecified atom stereocenters. The summed E-state index contributed by atoms with van der Waals surface area (Å²) in [7, 11) is 0. The molecule has 0 radical (unpaired) electrons. The van der Waals surface area contributed by atoms with Crippen LogP contribution in [-0.2, 0) is 4.79 Å². The lowest BCUT2D eigenvalue weighted by atomic mass is 10.2. The Bertz CT molecular complexity index is 560. The van der Waals surface area contributed by atoms with Crippen LogP contribution in [0.15, 0.2) is 6.07 Å². The smallest absolute Gasteiger partial charge is 0.255 e. The molecule has 21 heavy (non-hydrogen) atoms. The SMILES string of the molecule is Cc1cc(C(=O)N2CCCN(C(=O)C3CC3)CC2)c(C)[nH]1. The highest BCUT2D eigenvalue weighted by atomic mass is 16.2. The van der Waals surface area contributed by atoms with Gasteiger partial charge in [0.1, 0.15) is 0 Å². The van der Waals surface area contributed by atoms with Gasteiger partial charge in [-0.1, -0.05) is 0 Å². The number of rotatable bonds is 2. The van der Waals surface area contributed by atoms with Crippen molar-refractivity contribution >= 4 is 11.8 Å². The molecular weight excluding hydrogens is 266 g/mol. The van der Waals surface area contributed by atoms with Crippen LogP contribution in [0.2, 0.25) is 0 Å². The van der Waals surface area contributed by atoms with Gasteiger partial charge in [0.15, 0.2) is 0 Å². The fourth-order valence-electron chi connectivity index (χ4n) is 3.05. The molecule has 0 bridgehead atoms. The van der Waals surface area contributed by atoms with E-state index in [-0.39, 0.29) is 17.7 Å². The number of nitrogens with zero attached hydrogens (tertiary/aromatic N) is 2. The van der Waals surface area contributed by atoms with Crippen LogP contribution in [0.5, 0.6) is 0 Å². The average molecular weight is 289 g/mol. The average Bonchev–Trinajstić information content (AvgIpc) is 3.25. The van der Waals surface area contributed by atoms with Crippen molar-refractivity contribution in [1.82, 2.24) is 14.8 Å². The highest BCUT2D eigenvalue weighted by Crippen LogP contribution is 2.31. The highest BCUT2D eigenvalue weighted by molar-refractivity contribution is 5.95. The second-order valence-corrected chi connectivity index (χ2v) is 6.24. The molecule has 5 nitrogen and oxygen atoms in total.